The number of amides is 1. The molecule has 0 saturated carbocycles. The van der Waals surface area contributed by atoms with E-state index < -0.39 is 0 Å². The summed E-state index contributed by atoms with van der Waals surface area (Å²) in [6.45, 7) is 8.32. The van der Waals surface area contributed by atoms with Crippen molar-refractivity contribution in [3.05, 3.63) is 23.9 Å². The minimum Gasteiger partial charge on any atom is -0.474 e. The van der Waals surface area contributed by atoms with Crippen LogP contribution in [0.3, 0.4) is 0 Å². The first kappa shape index (κ1) is 17.2. The minimum atomic E-state index is -0.365. The molecule has 1 amide bonds. The van der Waals surface area contributed by atoms with Crippen molar-refractivity contribution in [1.82, 2.24) is 9.88 Å². The predicted octanol–water partition coefficient (Wildman–Crippen LogP) is 2.28. The second-order valence-corrected chi connectivity index (χ2v) is 6.84. The number of hydrogen-bond donors (Lipinski definition) is 0. The fourth-order valence-corrected chi connectivity index (χ4v) is 3.30. The average molecular weight is 334 g/mol. The summed E-state index contributed by atoms with van der Waals surface area (Å²) in [5, 5.41) is 0. The topological polar surface area (TPSA) is 60.9 Å². The molecule has 0 aromatic carbocycles. The fraction of sp³-hybridized carbons (Fsp3) is 0.667. The first-order chi connectivity index (χ1) is 11.5. The highest BCUT2D eigenvalue weighted by molar-refractivity contribution is 5.96. The molecule has 2 aliphatic heterocycles. The zero-order valence-electron chi connectivity index (χ0n) is 14.7. The molecule has 0 N–H and O–H groups in total. The number of hydrogen-bond acceptors (Lipinski definition) is 5. The normalized spacial score (nSPS) is 27.0. The fourth-order valence-electron chi connectivity index (χ4n) is 3.30. The maximum absolute atomic E-state index is 13.1. The van der Waals surface area contributed by atoms with Gasteiger partial charge in [-0.05, 0) is 32.4 Å². The summed E-state index contributed by atoms with van der Waals surface area (Å²) in [6.07, 6.45) is 3.35. The number of carbonyl (C=O) groups is 1. The Hall–Kier alpha value is -1.66. The van der Waals surface area contributed by atoms with Crippen molar-refractivity contribution >= 4 is 5.91 Å². The van der Waals surface area contributed by atoms with Crippen molar-refractivity contribution in [2.24, 2.45) is 0 Å². The van der Waals surface area contributed by atoms with E-state index in [1.165, 1.54) is 0 Å². The smallest absolute Gasteiger partial charge is 0.259 e. The quantitative estimate of drug-likeness (QED) is 0.845. The third-order valence-electron chi connectivity index (χ3n) is 4.48. The number of rotatable bonds is 4. The first-order valence-electron chi connectivity index (χ1n) is 8.69. The van der Waals surface area contributed by atoms with Crippen LogP contribution < -0.4 is 4.74 Å². The number of pyridine rings is 1. The number of aromatic nitrogens is 1. The average Bonchev–Trinajstić information content (AvgIpc) is 3.01. The van der Waals surface area contributed by atoms with Crippen molar-refractivity contribution in [1.29, 1.82) is 0 Å². The largest absolute Gasteiger partial charge is 0.474 e. The molecule has 2 saturated heterocycles. The van der Waals surface area contributed by atoms with E-state index in [9.17, 15) is 4.79 Å². The summed E-state index contributed by atoms with van der Waals surface area (Å²) in [4.78, 5) is 19.2. The van der Waals surface area contributed by atoms with Gasteiger partial charge in [0.2, 0.25) is 5.88 Å². The molecular formula is C18H26N2O4. The van der Waals surface area contributed by atoms with Crippen molar-refractivity contribution in [2.45, 2.75) is 51.4 Å². The zero-order chi connectivity index (χ0) is 17.2. The molecule has 2 fully saturated rings. The molecule has 6 nitrogen and oxygen atoms in total. The lowest BCUT2D eigenvalue weighted by molar-refractivity contribution is -0.145. The van der Waals surface area contributed by atoms with E-state index in [4.69, 9.17) is 14.2 Å². The van der Waals surface area contributed by atoms with Crippen LogP contribution in [0.1, 0.15) is 44.0 Å². The van der Waals surface area contributed by atoms with Crippen molar-refractivity contribution in [3.8, 4) is 5.88 Å². The van der Waals surface area contributed by atoms with Crippen LogP contribution in [0.25, 0.3) is 0 Å². The maximum atomic E-state index is 13.1. The molecule has 6 heteroatoms. The van der Waals surface area contributed by atoms with E-state index in [2.05, 4.69) is 11.9 Å². The van der Waals surface area contributed by atoms with Gasteiger partial charge in [-0.3, -0.25) is 4.79 Å². The monoisotopic (exact) mass is 334 g/mol. The lowest BCUT2D eigenvalue weighted by atomic mass is 9.98. The summed E-state index contributed by atoms with van der Waals surface area (Å²) >= 11 is 0. The molecule has 1 aromatic rings. The number of morpholine rings is 1. The Morgan fingerprint density at radius 3 is 3.04 bits per heavy atom. The molecule has 1 spiro atoms. The molecule has 2 unspecified atom stereocenters. The Labute approximate surface area is 143 Å². The van der Waals surface area contributed by atoms with Gasteiger partial charge in [0.15, 0.2) is 0 Å². The molecule has 3 rings (SSSR count). The Morgan fingerprint density at radius 2 is 2.38 bits per heavy atom. The number of carbonyl (C=O) groups excluding carboxylic acids is 1. The van der Waals surface area contributed by atoms with Crippen molar-refractivity contribution in [2.75, 3.05) is 26.3 Å². The lowest BCUT2D eigenvalue weighted by Gasteiger charge is -2.43. The van der Waals surface area contributed by atoms with Crippen LogP contribution >= 0.6 is 0 Å². The van der Waals surface area contributed by atoms with Gasteiger partial charge in [-0.1, -0.05) is 6.92 Å². The van der Waals surface area contributed by atoms with Crippen LogP contribution in [0.2, 0.25) is 0 Å². The molecule has 0 radical (unpaired) electrons. The first-order valence-corrected chi connectivity index (χ1v) is 8.69. The van der Waals surface area contributed by atoms with Crippen LogP contribution in [0, 0.1) is 0 Å². The number of nitrogens with zero attached hydrogens (tertiary/aromatic N) is 2. The summed E-state index contributed by atoms with van der Waals surface area (Å²) in [5.41, 5.74) is 0.146. The molecule has 24 heavy (non-hydrogen) atoms. The summed E-state index contributed by atoms with van der Waals surface area (Å²) in [7, 11) is 0. The van der Waals surface area contributed by atoms with Gasteiger partial charge in [-0.25, -0.2) is 4.98 Å². The predicted molar refractivity (Wildman–Crippen MR) is 89.2 cm³/mol. The lowest BCUT2D eigenvalue weighted by Crippen LogP contribution is -2.57. The van der Waals surface area contributed by atoms with E-state index in [0.29, 0.717) is 37.7 Å². The minimum absolute atomic E-state index is 0.0332. The SMILES string of the molecule is CCC1CN(C(=O)c2cccnc2OC(C)C)CC2(CCOC2)O1. The molecule has 3 heterocycles. The van der Waals surface area contributed by atoms with Gasteiger partial charge in [0.05, 0.1) is 25.4 Å². The molecule has 2 atom stereocenters. The van der Waals surface area contributed by atoms with E-state index in [-0.39, 0.29) is 23.7 Å². The van der Waals surface area contributed by atoms with Gasteiger partial charge in [-0.15, -0.1) is 0 Å². The summed E-state index contributed by atoms with van der Waals surface area (Å²) in [5.74, 6) is 0.348. The van der Waals surface area contributed by atoms with E-state index in [1.807, 2.05) is 18.7 Å². The standard InChI is InChI=1S/C18H26N2O4/c1-4-14-10-20(11-18(24-14)7-9-22-12-18)17(21)15-6-5-8-19-16(15)23-13(2)3/h5-6,8,13-14H,4,7,9-12H2,1-3H3. The van der Waals surface area contributed by atoms with E-state index in [0.717, 1.165) is 12.8 Å². The van der Waals surface area contributed by atoms with Gasteiger partial charge < -0.3 is 19.1 Å². The van der Waals surface area contributed by atoms with Crippen LogP contribution in [-0.4, -0.2) is 59.9 Å². The Balaban J connectivity index is 1.83. The van der Waals surface area contributed by atoms with Crippen LogP contribution in [-0.2, 0) is 9.47 Å². The van der Waals surface area contributed by atoms with Gasteiger partial charge >= 0.3 is 0 Å². The molecule has 0 bridgehead atoms. The highest BCUT2D eigenvalue weighted by Gasteiger charge is 2.45. The molecule has 2 aliphatic rings. The highest BCUT2D eigenvalue weighted by atomic mass is 16.6. The third-order valence-corrected chi connectivity index (χ3v) is 4.48. The maximum Gasteiger partial charge on any atom is 0.259 e. The van der Waals surface area contributed by atoms with E-state index >= 15 is 0 Å². The molecule has 1 aromatic heterocycles. The zero-order valence-corrected chi connectivity index (χ0v) is 14.7. The van der Waals surface area contributed by atoms with Crippen LogP contribution in [0.5, 0.6) is 5.88 Å². The second kappa shape index (κ2) is 7.07. The number of ether oxygens (including phenoxy) is 3. The molecule has 132 valence electrons. The van der Waals surface area contributed by atoms with Gasteiger partial charge in [0.1, 0.15) is 11.2 Å². The van der Waals surface area contributed by atoms with Gasteiger partial charge in [-0.2, -0.15) is 0 Å². The summed E-state index contributed by atoms with van der Waals surface area (Å²) < 4.78 is 17.5. The highest BCUT2D eigenvalue weighted by Crippen LogP contribution is 2.32. The Bertz CT molecular complexity index is 584. The van der Waals surface area contributed by atoms with E-state index in [1.54, 1.807) is 18.3 Å². The van der Waals surface area contributed by atoms with Crippen molar-refractivity contribution in [3.63, 3.8) is 0 Å². The van der Waals surface area contributed by atoms with Crippen LogP contribution in [0.4, 0.5) is 0 Å². The summed E-state index contributed by atoms with van der Waals surface area (Å²) in [6, 6.07) is 3.55. The second-order valence-electron chi connectivity index (χ2n) is 6.84. The van der Waals surface area contributed by atoms with Gasteiger partial charge in [0, 0.05) is 25.8 Å². The third kappa shape index (κ3) is 3.54. The molecule has 0 aliphatic carbocycles. The van der Waals surface area contributed by atoms with Crippen LogP contribution in [0.15, 0.2) is 18.3 Å². The van der Waals surface area contributed by atoms with Gasteiger partial charge in [0.25, 0.3) is 5.91 Å². The Morgan fingerprint density at radius 1 is 1.54 bits per heavy atom. The van der Waals surface area contributed by atoms with Crippen molar-refractivity contribution < 1.29 is 19.0 Å². The Kier molecular flexibility index (Phi) is 5.06. The molecular weight excluding hydrogens is 308 g/mol.